The van der Waals surface area contributed by atoms with E-state index >= 15 is 0 Å². The van der Waals surface area contributed by atoms with Crippen LogP contribution in [0.4, 0.5) is 5.82 Å². The van der Waals surface area contributed by atoms with Gasteiger partial charge in [0, 0.05) is 55.9 Å². The molecule has 1 aliphatic carbocycles. The Balaban J connectivity index is 1.30. The summed E-state index contributed by atoms with van der Waals surface area (Å²) in [5.41, 5.74) is 7.81. The van der Waals surface area contributed by atoms with Crippen molar-refractivity contribution in [3.8, 4) is 11.1 Å². The van der Waals surface area contributed by atoms with E-state index in [4.69, 9.17) is 15.0 Å². The summed E-state index contributed by atoms with van der Waals surface area (Å²) in [6.07, 6.45) is 11.3. The Hall–Kier alpha value is -3.51. The number of aromatic nitrogens is 4. The predicted molar refractivity (Wildman–Crippen MR) is 132 cm³/mol. The average Bonchev–Trinajstić information content (AvgIpc) is 3.28. The summed E-state index contributed by atoms with van der Waals surface area (Å²) in [5, 5.41) is 0. The third-order valence-electron chi connectivity index (χ3n) is 7.00. The monoisotopic (exact) mass is 436 g/mol. The van der Waals surface area contributed by atoms with Crippen molar-refractivity contribution in [2.45, 2.75) is 19.3 Å². The summed E-state index contributed by atoms with van der Waals surface area (Å²) < 4.78 is 2.16. The number of fused-ring (bicyclic) bond motifs is 2. The minimum atomic E-state index is 0.490. The van der Waals surface area contributed by atoms with Gasteiger partial charge in [-0.3, -0.25) is 9.38 Å². The lowest BCUT2D eigenvalue weighted by Crippen LogP contribution is -2.44. The number of hydrogen-bond donors (Lipinski definition) is 0. The fraction of sp³-hybridized carbons (Fsp3) is 0.296. The van der Waals surface area contributed by atoms with Crippen LogP contribution < -0.4 is 4.90 Å². The summed E-state index contributed by atoms with van der Waals surface area (Å²) in [5.74, 6) is 1.55. The highest BCUT2D eigenvalue weighted by Crippen LogP contribution is 2.36. The molecule has 6 heteroatoms. The largest absolute Gasteiger partial charge is 0.354 e. The van der Waals surface area contributed by atoms with E-state index in [-0.39, 0.29) is 0 Å². The third kappa shape index (κ3) is 3.60. The summed E-state index contributed by atoms with van der Waals surface area (Å²) in [4.78, 5) is 18.9. The van der Waals surface area contributed by atoms with Crippen molar-refractivity contribution < 1.29 is 0 Å². The van der Waals surface area contributed by atoms with Gasteiger partial charge in [0.25, 0.3) is 0 Å². The molecular formula is C27H28N6. The Bertz CT molecular complexity index is 1330. The van der Waals surface area contributed by atoms with Gasteiger partial charge < -0.3 is 9.80 Å². The van der Waals surface area contributed by atoms with Gasteiger partial charge in [-0.15, -0.1) is 0 Å². The molecule has 0 radical (unpaired) electrons. The van der Waals surface area contributed by atoms with E-state index in [1.807, 2.05) is 24.7 Å². The molecule has 33 heavy (non-hydrogen) atoms. The molecule has 0 amide bonds. The van der Waals surface area contributed by atoms with Crippen molar-refractivity contribution in [2.75, 3.05) is 38.1 Å². The number of likely N-dealkylation sites (N-methyl/N-ethyl adjacent to an activating group) is 1. The molecule has 1 aliphatic heterocycles. The summed E-state index contributed by atoms with van der Waals surface area (Å²) in [6.45, 7) is 6.48. The Morgan fingerprint density at radius 1 is 0.909 bits per heavy atom. The Labute approximate surface area is 194 Å². The molecule has 6 nitrogen and oxygen atoms in total. The van der Waals surface area contributed by atoms with E-state index in [0.717, 1.165) is 66.6 Å². The lowest BCUT2D eigenvalue weighted by atomic mass is 9.86. The Morgan fingerprint density at radius 3 is 2.61 bits per heavy atom. The summed E-state index contributed by atoms with van der Waals surface area (Å²) in [7, 11) is 2.17. The third-order valence-corrected chi connectivity index (χ3v) is 7.00. The molecule has 0 saturated carbocycles. The highest BCUT2D eigenvalue weighted by molar-refractivity contribution is 5.81. The first kappa shape index (κ1) is 20.1. The van der Waals surface area contributed by atoms with Crippen molar-refractivity contribution in [3.63, 3.8) is 0 Å². The van der Waals surface area contributed by atoms with E-state index < -0.39 is 0 Å². The molecule has 4 aromatic rings. The Morgan fingerprint density at radius 2 is 1.79 bits per heavy atom. The normalized spacial score (nSPS) is 18.9. The summed E-state index contributed by atoms with van der Waals surface area (Å²) >= 11 is 0. The zero-order valence-corrected chi connectivity index (χ0v) is 19.1. The maximum absolute atomic E-state index is 4.76. The molecule has 166 valence electrons. The molecule has 0 bridgehead atoms. The van der Waals surface area contributed by atoms with E-state index in [0.29, 0.717) is 5.92 Å². The molecule has 5 heterocycles. The number of pyridine rings is 3. The second-order valence-corrected chi connectivity index (χ2v) is 9.18. The van der Waals surface area contributed by atoms with E-state index in [1.54, 1.807) is 0 Å². The molecule has 4 aromatic heterocycles. The first-order chi connectivity index (χ1) is 16.2. The molecule has 1 unspecified atom stereocenters. The quantitative estimate of drug-likeness (QED) is 0.474. The fourth-order valence-corrected chi connectivity index (χ4v) is 4.92. The van der Waals surface area contributed by atoms with Gasteiger partial charge in [0.2, 0.25) is 0 Å². The first-order valence-electron chi connectivity index (χ1n) is 11.7. The van der Waals surface area contributed by atoms with Crippen molar-refractivity contribution in [2.24, 2.45) is 0 Å². The van der Waals surface area contributed by atoms with Gasteiger partial charge in [-0.25, -0.2) is 9.97 Å². The average molecular weight is 437 g/mol. The van der Waals surface area contributed by atoms with Gasteiger partial charge >= 0.3 is 0 Å². The Kier molecular flexibility index (Phi) is 4.95. The van der Waals surface area contributed by atoms with Gasteiger partial charge in [-0.1, -0.05) is 19.1 Å². The van der Waals surface area contributed by atoms with E-state index in [1.165, 1.54) is 11.1 Å². The number of nitrogens with zero attached hydrogens (tertiary/aromatic N) is 6. The van der Waals surface area contributed by atoms with Gasteiger partial charge in [0.15, 0.2) is 0 Å². The topological polar surface area (TPSA) is 49.6 Å². The van der Waals surface area contributed by atoms with Crippen LogP contribution in [-0.2, 0) is 0 Å². The number of anilines is 1. The van der Waals surface area contributed by atoms with Crippen molar-refractivity contribution in [1.82, 2.24) is 24.3 Å². The first-order valence-corrected chi connectivity index (χ1v) is 11.7. The van der Waals surface area contributed by atoms with Crippen molar-refractivity contribution in [1.29, 1.82) is 0 Å². The van der Waals surface area contributed by atoms with Crippen LogP contribution in [0.25, 0.3) is 22.3 Å². The molecule has 2 aliphatic rings. The standard InChI is InChI=1S/C27H28N6/c1-19-5-7-23(27-22(19)4-3-10-28-27)24-18-30-26-16-20(9-11-33(24)26)21-6-8-25(29-17-21)32-14-12-31(2)13-15-32/h3-4,6-11,16-19H,5,12-15H2,1-2H3. The molecule has 1 saturated heterocycles. The number of imidazole rings is 1. The molecule has 0 spiro atoms. The molecule has 1 fully saturated rings. The van der Waals surface area contributed by atoms with Crippen LogP contribution in [0.15, 0.2) is 67.3 Å². The molecular weight excluding hydrogens is 408 g/mol. The van der Waals surface area contributed by atoms with Gasteiger partial charge in [-0.2, -0.15) is 0 Å². The minimum absolute atomic E-state index is 0.490. The number of rotatable bonds is 3. The predicted octanol–water partition coefficient (Wildman–Crippen LogP) is 4.48. The minimum Gasteiger partial charge on any atom is -0.354 e. The number of hydrogen-bond acceptors (Lipinski definition) is 5. The fourth-order valence-electron chi connectivity index (χ4n) is 4.92. The smallest absolute Gasteiger partial charge is 0.137 e. The van der Waals surface area contributed by atoms with Crippen LogP contribution in [-0.4, -0.2) is 57.5 Å². The maximum atomic E-state index is 4.76. The van der Waals surface area contributed by atoms with Crippen molar-refractivity contribution >= 4 is 17.0 Å². The molecule has 0 N–H and O–H groups in total. The van der Waals surface area contributed by atoms with Crippen LogP contribution in [0.5, 0.6) is 0 Å². The van der Waals surface area contributed by atoms with Crippen LogP contribution in [0, 0.1) is 0 Å². The van der Waals surface area contributed by atoms with Crippen LogP contribution in [0.2, 0.25) is 0 Å². The lowest BCUT2D eigenvalue weighted by Gasteiger charge is -2.33. The van der Waals surface area contributed by atoms with E-state index in [2.05, 4.69) is 70.8 Å². The SMILES string of the molecule is CC1CC=C(c2cnc3cc(-c4ccc(N5CCN(C)CC5)nc4)ccn23)c2ncccc21. The second kappa shape index (κ2) is 8.12. The second-order valence-electron chi connectivity index (χ2n) is 9.18. The van der Waals surface area contributed by atoms with Crippen LogP contribution in [0.3, 0.4) is 0 Å². The summed E-state index contributed by atoms with van der Waals surface area (Å²) in [6, 6.07) is 12.8. The van der Waals surface area contributed by atoms with Gasteiger partial charge in [0.1, 0.15) is 11.5 Å². The van der Waals surface area contributed by atoms with Gasteiger partial charge in [-0.05, 0) is 60.8 Å². The lowest BCUT2D eigenvalue weighted by molar-refractivity contribution is 0.312. The maximum Gasteiger partial charge on any atom is 0.137 e. The van der Waals surface area contributed by atoms with Crippen LogP contribution in [0.1, 0.15) is 36.2 Å². The highest BCUT2D eigenvalue weighted by Gasteiger charge is 2.22. The molecule has 0 aromatic carbocycles. The highest BCUT2D eigenvalue weighted by atomic mass is 15.3. The zero-order chi connectivity index (χ0) is 22.4. The van der Waals surface area contributed by atoms with Gasteiger partial charge in [0.05, 0.1) is 17.6 Å². The number of piperazine rings is 1. The zero-order valence-electron chi connectivity index (χ0n) is 19.1. The van der Waals surface area contributed by atoms with Crippen molar-refractivity contribution in [3.05, 3.63) is 84.2 Å². The number of allylic oxidation sites excluding steroid dienone is 1. The van der Waals surface area contributed by atoms with Crippen LogP contribution >= 0.6 is 0 Å². The molecule has 6 rings (SSSR count). The molecule has 1 atom stereocenters. The van der Waals surface area contributed by atoms with E-state index in [9.17, 15) is 0 Å².